The molecule has 0 aromatic carbocycles. The summed E-state index contributed by atoms with van der Waals surface area (Å²) >= 11 is 2.06. The van der Waals surface area contributed by atoms with Crippen LogP contribution in [0.1, 0.15) is 39.5 Å². The molecule has 2 heteroatoms. The van der Waals surface area contributed by atoms with Gasteiger partial charge in [-0.1, -0.05) is 13.8 Å². The van der Waals surface area contributed by atoms with Crippen molar-refractivity contribution in [2.24, 2.45) is 11.8 Å². The lowest BCUT2D eigenvalue weighted by Gasteiger charge is -2.39. The summed E-state index contributed by atoms with van der Waals surface area (Å²) in [6, 6.07) is 0.840. The Balaban J connectivity index is 1.61. The summed E-state index contributed by atoms with van der Waals surface area (Å²) < 4.78 is 0.642. The third kappa shape index (κ3) is 2.27. The Kier molecular flexibility index (Phi) is 3.13. The largest absolute Gasteiger partial charge is 0.313 e. The van der Waals surface area contributed by atoms with E-state index in [1.165, 1.54) is 32.2 Å². The predicted octanol–water partition coefficient (Wildman–Crippen LogP) is 2.91. The van der Waals surface area contributed by atoms with Gasteiger partial charge in [-0.2, -0.15) is 11.8 Å². The summed E-state index contributed by atoms with van der Waals surface area (Å²) in [6.07, 6.45) is 7.96. The highest BCUT2D eigenvalue weighted by molar-refractivity contribution is 8.00. The molecule has 0 heterocycles. The van der Waals surface area contributed by atoms with Gasteiger partial charge in [0.1, 0.15) is 0 Å². The summed E-state index contributed by atoms with van der Waals surface area (Å²) in [4.78, 5) is 0. The van der Waals surface area contributed by atoms with Crippen LogP contribution in [0.2, 0.25) is 0 Å². The fourth-order valence-corrected chi connectivity index (χ4v) is 3.03. The van der Waals surface area contributed by atoms with Gasteiger partial charge in [0, 0.05) is 17.3 Å². The summed E-state index contributed by atoms with van der Waals surface area (Å²) in [6.45, 7) is 5.96. The molecule has 1 N–H and O–H groups in total. The van der Waals surface area contributed by atoms with Crippen molar-refractivity contribution >= 4 is 11.8 Å². The van der Waals surface area contributed by atoms with Gasteiger partial charge in [-0.15, -0.1) is 0 Å². The van der Waals surface area contributed by atoms with Crippen LogP contribution in [-0.4, -0.2) is 23.6 Å². The van der Waals surface area contributed by atoms with Crippen LogP contribution in [-0.2, 0) is 0 Å². The molecular weight excluding hydrogens is 190 g/mol. The summed E-state index contributed by atoms with van der Waals surface area (Å²) in [5.41, 5.74) is 0. The average molecular weight is 213 g/mol. The van der Waals surface area contributed by atoms with Gasteiger partial charge < -0.3 is 5.32 Å². The normalized spacial score (nSPS) is 34.3. The van der Waals surface area contributed by atoms with Gasteiger partial charge >= 0.3 is 0 Å². The Bertz CT molecular complexity index is 192. The fraction of sp³-hybridized carbons (Fsp3) is 1.00. The van der Waals surface area contributed by atoms with Gasteiger partial charge in [-0.3, -0.25) is 0 Å². The van der Waals surface area contributed by atoms with Crippen molar-refractivity contribution < 1.29 is 0 Å². The van der Waals surface area contributed by atoms with E-state index in [-0.39, 0.29) is 0 Å². The number of rotatable bonds is 5. The van der Waals surface area contributed by atoms with Crippen molar-refractivity contribution in [3.63, 3.8) is 0 Å². The molecular formula is C12H23NS. The highest BCUT2D eigenvalue weighted by Crippen LogP contribution is 2.47. The van der Waals surface area contributed by atoms with E-state index in [0.717, 1.165) is 17.9 Å². The Labute approximate surface area is 92.4 Å². The fourth-order valence-electron chi connectivity index (χ4n) is 2.30. The van der Waals surface area contributed by atoms with Gasteiger partial charge in [-0.25, -0.2) is 0 Å². The van der Waals surface area contributed by atoms with E-state index in [4.69, 9.17) is 0 Å². The van der Waals surface area contributed by atoms with E-state index < -0.39 is 0 Å². The van der Waals surface area contributed by atoms with Crippen molar-refractivity contribution in [3.05, 3.63) is 0 Å². The van der Waals surface area contributed by atoms with Crippen LogP contribution in [0.3, 0.4) is 0 Å². The van der Waals surface area contributed by atoms with E-state index in [0.29, 0.717) is 4.75 Å². The molecule has 2 rings (SSSR count). The SMILES string of the molecule is CSC1(CNC2CC(C(C)C)C2)CC1. The van der Waals surface area contributed by atoms with Crippen molar-refractivity contribution in [2.45, 2.75) is 50.3 Å². The third-order valence-corrected chi connectivity index (χ3v) is 5.49. The Morgan fingerprint density at radius 1 is 1.36 bits per heavy atom. The van der Waals surface area contributed by atoms with E-state index >= 15 is 0 Å². The van der Waals surface area contributed by atoms with Gasteiger partial charge in [0.05, 0.1) is 0 Å². The molecule has 0 amide bonds. The molecule has 2 aliphatic carbocycles. The van der Waals surface area contributed by atoms with Gasteiger partial charge in [-0.05, 0) is 43.8 Å². The maximum atomic E-state index is 3.74. The molecule has 1 nitrogen and oxygen atoms in total. The first-order chi connectivity index (χ1) is 6.65. The van der Waals surface area contributed by atoms with Crippen molar-refractivity contribution in [1.82, 2.24) is 5.32 Å². The summed E-state index contributed by atoms with van der Waals surface area (Å²) in [5, 5.41) is 3.74. The summed E-state index contributed by atoms with van der Waals surface area (Å²) in [7, 11) is 0. The van der Waals surface area contributed by atoms with Crippen LogP contribution in [0.5, 0.6) is 0 Å². The van der Waals surface area contributed by atoms with Gasteiger partial charge in [0.2, 0.25) is 0 Å². The van der Waals surface area contributed by atoms with Crippen LogP contribution < -0.4 is 5.32 Å². The standard InChI is InChI=1S/C12H23NS/c1-9(2)10-6-11(7-10)13-8-12(14-3)4-5-12/h9-11,13H,4-8H2,1-3H3. The van der Waals surface area contributed by atoms with E-state index in [1.54, 1.807) is 0 Å². The smallest absolute Gasteiger partial charge is 0.0282 e. The van der Waals surface area contributed by atoms with Crippen LogP contribution in [0.25, 0.3) is 0 Å². The zero-order valence-electron chi connectivity index (χ0n) is 9.68. The predicted molar refractivity (Wildman–Crippen MR) is 64.8 cm³/mol. The first-order valence-corrected chi connectivity index (χ1v) is 7.16. The van der Waals surface area contributed by atoms with Crippen LogP contribution in [0.4, 0.5) is 0 Å². The zero-order valence-corrected chi connectivity index (χ0v) is 10.5. The molecule has 0 aliphatic heterocycles. The number of nitrogens with one attached hydrogen (secondary N) is 1. The van der Waals surface area contributed by atoms with Crippen LogP contribution in [0, 0.1) is 11.8 Å². The zero-order chi connectivity index (χ0) is 10.2. The molecule has 82 valence electrons. The molecule has 0 bridgehead atoms. The van der Waals surface area contributed by atoms with Crippen LogP contribution in [0.15, 0.2) is 0 Å². The molecule has 0 aromatic rings. The lowest BCUT2D eigenvalue weighted by molar-refractivity contribution is 0.169. The van der Waals surface area contributed by atoms with E-state index in [2.05, 4.69) is 37.2 Å². The second kappa shape index (κ2) is 4.05. The Morgan fingerprint density at radius 3 is 2.43 bits per heavy atom. The molecule has 2 aliphatic rings. The number of thioether (sulfide) groups is 1. The average Bonchev–Trinajstić information content (AvgIpc) is 2.82. The molecule has 0 atom stereocenters. The minimum absolute atomic E-state index is 0.642. The Hall–Kier alpha value is 0.310. The molecule has 0 unspecified atom stereocenters. The van der Waals surface area contributed by atoms with Gasteiger partial charge in [0.15, 0.2) is 0 Å². The molecule has 0 aromatic heterocycles. The third-order valence-electron chi connectivity index (χ3n) is 4.07. The second-order valence-corrected chi connectivity index (χ2v) is 6.71. The first-order valence-electron chi connectivity index (χ1n) is 5.94. The number of hydrogen-bond acceptors (Lipinski definition) is 2. The first kappa shape index (κ1) is 10.8. The van der Waals surface area contributed by atoms with Crippen molar-refractivity contribution in [1.29, 1.82) is 0 Å². The topological polar surface area (TPSA) is 12.0 Å². The minimum Gasteiger partial charge on any atom is -0.313 e. The van der Waals surface area contributed by atoms with E-state index in [9.17, 15) is 0 Å². The van der Waals surface area contributed by atoms with Gasteiger partial charge in [0.25, 0.3) is 0 Å². The molecule has 0 saturated heterocycles. The molecule has 0 radical (unpaired) electrons. The highest BCUT2D eigenvalue weighted by atomic mass is 32.2. The lowest BCUT2D eigenvalue weighted by atomic mass is 9.73. The van der Waals surface area contributed by atoms with Crippen LogP contribution >= 0.6 is 11.8 Å². The highest BCUT2D eigenvalue weighted by Gasteiger charge is 2.42. The number of hydrogen-bond donors (Lipinski definition) is 1. The summed E-state index contributed by atoms with van der Waals surface area (Å²) in [5.74, 6) is 1.89. The van der Waals surface area contributed by atoms with E-state index in [1.807, 2.05) is 0 Å². The minimum atomic E-state index is 0.642. The second-order valence-electron chi connectivity index (χ2n) is 5.44. The van der Waals surface area contributed by atoms with Crippen molar-refractivity contribution in [3.8, 4) is 0 Å². The molecule has 2 saturated carbocycles. The quantitative estimate of drug-likeness (QED) is 0.753. The molecule has 2 fully saturated rings. The van der Waals surface area contributed by atoms with Crippen molar-refractivity contribution in [2.75, 3.05) is 12.8 Å². The monoisotopic (exact) mass is 213 g/mol. The molecule has 14 heavy (non-hydrogen) atoms. The molecule has 0 spiro atoms. The Morgan fingerprint density at radius 2 is 2.00 bits per heavy atom. The maximum Gasteiger partial charge on any atom is 0.0282 e. The lowest BCUT2D eigenvalue weighted by Crippen LogP contribution is -2.45. The maximum absolute atomic E-state index is 3.74.